The Kier molecular flexibility index (Phi) is 3.71. The van der Waals surface area contributed by atoms with Gasteiger partial charge in [0.2, 0.25) is 5.91 Å². The second-order valence-corrected chi connectivity index (χ2v) is 3.88. The first kappa shape index (κ1) is 12.3. The Morgan fingerprint density at radius 2 is 2.19 bits per heavy atom. The number of hydrogen-bond acceptors (Lipinski definition) is 4. The monoisotopic (exact) mass is 225 g/mol. The van der Waals surface area contributed by atoms with Crippen molar-refractivity contribution in [2.75, 3.05) is 7.11 Å². The molecule has 5 heteroatoms. The molecule has 0 spiro atoms. The zero-order valence-electron chi connectivity index (χ0n) is 9.57. The van der Waals surface area contributed by atoms with E-state index < -0.39 is 17.3 Å². The molecule has 1 heterocycles. The van der Waals surface area contributed by atoms with Crippen molar-refractivity contribution in [1.29, 1.82) is 0 Å². The van der Waals surface area contributed by atoms with Gasteiger partial charge in [-0.2, -0.15) is 0 Å². The Bertz CT molecular complexity index is 367. The largest absolute Gasteiger partial charge is 0.468 e. The molecule has 0 aliphatic rings. The van der Waals surface area contributed by atoms with Crippen LogP contribution in [0.1, 0.15) is 19.6 Å². The van der Waals surface area contributed by atoms with Gasteiger partial charge in [0.25, 0.3) is 0 Å². The van der Waals surface area contributed by atoms with E-state index in [-0.39, 0.29) is 6.54 Å². The van der Waals surface area contributed by atoms with Gasteiger partial charge in [0.15, 0.2) is 0 Å². The van der Waals surface area contributed by atoms with Gasteiger partial charge >= 0.3 is 5.97 Å². The molecule has 0 fully saturated rings. The van der Waals surface area contributed by atoms with E-state index in [1.807, 2.05) is 0 Å². The summed E-state index contributed by atoms with van der Waals surface area (Å²) < 4.78 is 9.60. The lowest BCUT2D eigenvalue weighted by Crippen LogP contribution is -2.42. The zero-order valence-corrected chi connectivity index (χ0v) is 9.57. The zero-order chi connectivity index (χ0) is 12.2. The van der Waals surface area contributed by atoms with E-state index in [2.05, 4.69) is 10.1 Å². The van der Waals surface area contributed by atoms with E-state index in [4.69, 9.17) is 4.42 Å². The summed E-state index contributed by atoms with van der Waals surface area (Å²) in [7, 11) is 1.25. The van der Waals surface area contributed by atoms with Gasteiger partial charge in [-0.15, -0.1) is 0 Å². The van der Waals surface area contributed by atoms with Crippen LogP contribution >= 0.6 is 0 Å². The highest BCUT2D eigenvalue weighted by Gasteiger charge is 2.37. The van der Waals surface area contributed by atoms with Gasteiger partial charge in [-0.05, 0) is 26.0 Å². The highest BCUT2D eigenvalue weighted by atomic mass is 16.5. The summed E-state index contributed by atoms with van der Waals surface area (Å²) >= 11 is 0. The average molecular weight is 225 g/mol. The fourth-order valence-corrected chi connectivity index (χ4v) is 1.15. The van der Waals surface area contributed by atoms with Crippen molar-refractivity contribution in [3.05, 3.63) is 24.2 Å². The first-order valence-electron chi connectivity index (χ1n) is 4.87. The highest BCUT2D eigenvalue weighted by molar-refractivity contribution is 6.01. The van der Waals surface area contributed by atoms with Crippen molar-refractivity contribution in [2.45, 2.75) is 20.4 Å². The molecule has 0 aromatic carbocycles. The molecule has 0 saturated carbocycles. The van der Waals surface area contributed by atoms with Crippen molar-refractivity contribution >= 4 is 11.9 Å². The number of ether oxygens (including phenoxy) is 1. The van der Waals surface area contributed by atoms with Crippen LogP contribution in [0, 0.1) is 5.41 Å². The smallest absolute Gasteiger partial charge is 0.320 e. The molecule has 0 aliphatic heterocycles. The highest BCUT2D eigenvalue weighted by Crippen LogP contribution is 2.17. The molecule has 0 unspecified atom stereocenters. The Labute approximate surface area is 93.8 Å². The fraction of sp³-hybridized carbons (Fsp3) is 0.455. The van der Waals surface area contributed by atoms with Crippen LogP contribution in [0.25, 0.3) is 0 Å². The molecule has 1 N–H and O–H groups in total. The quantitative estimate of drug-likeness (QED) is 0.615. The number of amides is 1. The number of methoxy groups -OCH3 is 1. The van der Waals surface area contributed by atoms with E-state index in [9.17, 15) is 9.59 Å². The van der Waals surface area contributed by atoms with Gasteiger partial charge in [0.1, 0.15) is 11.2 Å². The summed E-state index contributed by atoms with van der Waals surface area (Å²) in [5.74, 6) is -0.325. The summed E-state index contributed by atoms with van der Waals surface area (Å²) in [6, 6.07) is 3.47. The van der Waals surface area contributed by atoms with Gasteiger partial charge in [0, 0.05) is 0 Å². The molecule has 0 aliphatic carbocycles. The van der Waals surface area contributed by atoms with E-state index in [0.29, 0.717) is 5.76 Å². The van der Waals surface area contributed by atoms with Gasteiger partial charge in [-0.3, -0.25) is 9.59 Å². The first-order valence-corrected chi connectivity index (χ1v) is 4.87. The van der Waals surface area contributed by atoms with E-state index in [0.717, 1.165) is 0 Å². The molecule has 16 heavy (non-hydrogen) atoms. The lowest BCUT2D eigenvalue weighted by atomic mass is 9.92. The molecule has 1 aromatic rings. The number of nitrogens with one attached hydrogen (secondary N) is 1. The number of carbonyl (C=O) groups is 2. The average Bonchev–Trinajstić information content (AvgIpc) is 2.77. The molecule has 0 atom stereocenters. The molecule has 1 rings (SSSR count). The van der Waals surface area contributed by atoms with Gasteiger partial charge < -0.3 is 14.5 Å². The van der Waals surface area contributed by atoms with Crippen LogP contribution in [0.15, 0.2) is 22.8 Å². The predicted molar refractivity (Wildman–Crippen MR) is 56.4 cm³/mol. The molecule has 88 valence electrons. The maximum absolute atomic E-state index is 11.7. The molecule has 1 amide bonds. The van der Waals surface area contributed by atoms with E-state index in [1.54, 1.807) is 12.1 Å². The van der Waals surface area contributed by atoms with E-state index in [1.165, 1.54) is 27.2 Å². The van der Waals surface area contributed by atoms with Gasteiger partial charge in [-0.1, -0.05) is 0 Å². The van der Waals surface area contributed by atoms with Crippen molar-refractivity contribution < 1.29 is 18.7 Å². The molecule has 0 saturated heterocycles. The number of hydrogen-bond donors (Lipinski definition) is 1. The summed E-state index contributed by atoms with van der Waals surface area (Å²) in [6.07, 6.45) is 1.52. The molecular weight excluding hydrogens is 210 g/mol. The number of furan rings is 1. The number of rotatable bonds is 4. The Morgan fingerprint density at radius 1 is 1.50 bits per heavy atom. The molecule has 0 radical (unpaired) electrons. The SMILES string of the molecule is COC(=O)C(C)(C)C(=O)NCc1ccco1. The van der Waals surface area contributed by atoms with Crippen LogP contribution in [0.2, 0.25) is 0 Å². The van der Waals surface area contributed by atoms with Crippen molar-refractivity contribution in [3.63, 3.8) is 0 Å². The first-order chi connectivity index (χ1) is 7.48. The lowest BCUT2D eigenvalue weighted by Gasteiger charge is -2.19. The minimum atomic E-state index is -1.19. The third-order valence-corrected chi connectivity index (χ3v) is 2.27. The standard InChI is InChI=1S/C11H15NO4/c1-11(2,10(14)15-3)9(13)12-7-8-5-4-6-16-8/h4-6H,7H2,1-3H3,(H,12,13). The third kappa shape index (κ3) is 2.62. The van der Waals surface area contributed by atoms with Gasteiger partial charge in [0.05, 0.1) is 19.9 Å². The van der Waals surface area contributed by atoms with Crippen LogP contribution in [-0.4, -0.2) is 19.0 Å². The van der Waals surface area contributed by atoms with Crippen LogP contribution < -0.4 is 5.32 Å². The normalized spacial score (nSPS) is 10.9. The van der Waals surface area contributed by atoms with Crippen molar-refractivity contribution in [1.82, 2.24) is 5.32 Å². The Hall–Kier alpha value is -1.78. The number of carbonyl (C=O) groups excluding carboxylic acids is 2. The summed E-state index contributed by atoms with van der Waals surface area (Å²) in [5.41, 5.74) is -1.19. The molecule has 5 nitrogen and oxygen atoms in total. The summed E-state index contributed by atoms with van der Waals surface area (Å²) in [5, 5.41) is 2.61. The number of esters is 1. The Balaban J connectivity index is 2.55. The van der Waals surface area contributed by atoms with Crippen LogP contribution in [0.5, 0.6) is 0 Å². The van der Waals surface area contributed by atoms with Crippen molar-refractivity contribution in [3.8, 4) is 0 Å². The summed E-state index contributed by atoms with van der Waals surface area (Å²) in [4.78, 5) is 23.0. The van der Waals surface area contributed by atoms with Crippen LogP contribution in [0.4, 0.5) is 0 Å². The topological polar surface area (TPSA) is 68.5 Å². The second kappa shape index (κ2) is 4.83. The van der Waals surface area contributed by atoms with E-state index >= 15 is 0 Å². The summed E-state index contributed by atoms with van der Waals surface area (Å²) in [6.45, 7) is 3.28. The van der Waals surface area contributed by atoms with Gasteiger partial charge in [-0.25, -0.2) is 0 Å². The fourth-order valence-electron chi connectivity index (χ4n) is 1.15. The maximum Gasteiger partial charge on any atom is 0.320 e. The minimum absolute atomic E-state index is 0.256. The second-order valence-electron chi connectivity index (χ2n) is 3.88. The predicted octanol–water partition coefficient (Wildman–Crippen LogP) is 1.09. The molecule has 1 aromatic heterocycles. The van der Waals surface area contributed by atoms with Crippen LogP contribution in [0.3, 0.4) is 0 Å². The maximum atomic E-state index is 11.7. The molecular formula is C11H15NO4. The van der Waals surface area contributed by atoms with Crippen molar-refractivity contribution in [2.24, 2.45) is 5.41 Å². The minimum Gasteiger partial charge on any atom is -0.468 e. The lowest BCUT2D eigenvalue weighted by molar-refractivity contribution is -0.156. The Morgan fingerprint density at radius 3 is 2.69 bits per heavy atom. The third-order valence-electron chi connectivity index (χ3n) is 2.27. The molecule has 0 bridgehead atoms. The van der Waals surface area contributed by atoms with Crippen LogP contribution in [-0.2, 0) is 20.9 Å².